The average Bonchev–Trinajstić information content (AvgIpc) is 3.34. The second kappa shape index (κ2) is 12.3. The van der Waals surface area contributed by atoms with Gasteiger partial charge in [0.2, 0.25) is 17.6 Å². The zero-order valence-electron chi connectivity index (χ0n) is 20.7. The Balaban J connectivity index is 1.42. The number of Topliss-reactive ketones (excluding diaryl/α,β-unsaturated/α-hetero) is 1. The van der Waals surface area contributed by atoms with E-state index in [1.54, 1.807) is 17.0 Å². The first-order valence-corrected chi connectivity index (χ1v) is 13.1. The van der Waals surface area contributed by atoms with E-state index < -0.39 is 12.0 Å². The number of ketones is 1. The van der Waals surface area contributed by atoms with Crippen LogP contribution in [0.3, 0.4) is 0 Å². The van der Waals surface area contributed by atoms with Crippen molar-refractivity contribution in [1.29, 1.82) is 0 Å². The van der Waals surface area contributed by atoms with Gasteiger partial charge in [-0.15, -0.1) is 0 Å². The Morgan fingerprint density at radius 3 is 2.57 bits per heavy atom. The zero-order valence-corrected chi connectivity index (χ0v) is 20.7. The fraction of sp³-hybridized carbons (Fsp3) is 0.630. The van der Waals surface area contributed by atoms with Crippen molar-refractivity contribution in [2.24, 2.45) is 11.8 Å². The number of hydrogen-bond donors (Lipinski definition) is 1. The molecule has 1 aromatic carbocycles. The van der Waals surface area contributed by atoms with Gasteiger partial charge in [-0.3, -0.25) is 14.4 Å². The summed E-state index contributed by atoms with van der Waals surface area (Å²) < 4.78 is 11.0. The van der Waals surface area contributed by atoms with Crippen LogP contribution in [0, 0.1) is 11.8 Å². The van der Waals surface area contributed by atoms with Crippen LogP contribution < -0.4 is 5.32 Å². The standard InChI is InChI=1S/C27H37N3O5/c1-2-21(25(32)27-29-22-10-6-7-11-23(22)35-27)28-26(33)20(13-12-19-8-4-3-5-9-19)18-24(31)30-14-16-34-17-15-30/h6-7,10-11,19-21H,2-5,8-9,12-18H2,1H3,(H,28,33)/t20-,21+/m1/s1. The number of aromatic nitrogens is 1. The first-order valence-electron chi connectivity index (χ1n) is 13.1. The molecule has 35 heavy (non-hydrogen) atoms. The van der Waals surface area contributed by atoms with Crippen LogP contribution in [0.1, 0.15) is 75.4 Å². The van der Waals surface area contributed by atoms with Crippen molar-refractivity contribution in [3.05, 3.63) is 30.2 Å². The third-order valence-corrected chi connectivity index (χ3v) is 7.35. The summed E-state index contributed by atoms with van der Waals surface area (Å²) in [6.45, 7) is 4.03. The number of para-hydroxylation sites is 2. The highest BCUT2D eigenvalue weighted by atomic mass is 16.5. The molecule has 1 saturated heterocycles. The average molecular weight is 484 g/mol. The summed E-state index contributed by atoms with van der Waals surface area (Å²) in [4.78, 5) is 45.6. The summed E-state index contributed by atoms with van der Waals surface area (Å²) in [5, 5.41) is 2.92. The molecule has 0 radical (unpaired) electrons. The number of nitrogens with one attached hydrogen (secondary N) is 1. The fourth-order valence-corrected chi connectivity index (χ4v) is 5.16. The molecular formula is C27H37N3O5. The van der Waals surface area contributed by atoms with Crippen LogP contribution >= 0.6 is 0 Å². The van der Waals surface area contributed by atoms with Crippen LogP contribution in [-0.2, 0) is 14.3 Å². The highest BCUT2D eigenvalue weighted by Crippen LogP contribution is 2.29. The molecule has 2 amide bonds. The van der Waals surface area contributed by atoms with Crippen LogP contribution in [0.15, 0.2) is 28.7 Å². The summed E-state index contributed by atoms with van der Waals surface area (Å²) in [6, 6.07) is 6.46. The van der Waals surface area contributed by atoms with Crippen LogP contribution in [0.4, 0.5) is 0 Å². The molecular weight excluding hydrogens is 446 g/mol. The van der Waals surface area contributed by atoms with E-state index in [0.717, 1.165) is 6.42 Å². The van der Waals surface area contributed by atoms with Crippen molar-refractivity contribution in [1.82, 2.24) is 15.2 Å². The second-order valence-corrected chi connectivity index (χ2v) is 9.80. The Kier molecular flexibility index (Phi) is 8.90. The lowest BCUT2D eigenvalue weighted by molar-refractivity contribution is -0.139. The third kappa shape index (κ3) is 6.69. The van der Waals surface area contributed by atoms with Crippen molar-refractivity contribution >= 4 is 28.7 Å². The molecule has 0 unspecified atom stereocenters. The molecule has 1 aliphatic carbocycles. The van der Waals surface area contributed by atoms with E-state index in [0.29, 0.717) is 56.2 Å². The van der Waals surface area contributed by atoms with Gasteiger partial charge in [0.05, 0.1) is 19.3 Å². The maximum absolute atomic E-state index is 13.4. The predicted octanol–water partition coefficient (Wildman–Crippen LogP) is 4.13. The summed E-state index contributed by atoms with van der Waals surface area (Å²) in [7, 11) is 0. The Hall–Kier alpha value is -2.74. The van der Waals surface area contributed by atoms with Crippen LogP contribution in [0.2, 0.25) is 0 Å². The third-order valence-electron chi connectivity index (χ3n) is 7.35. The number of benzene rings is 1. The number of carbonyl (C=O) groups is 3. The minimum absolute atomic E-state index is 0.00139. The predicted molar refractivity (Wildman–Crippen MR) is 132 cm³/mol. The molecule has 2 atom stereocenters. The molecule has 1 saturated carbocycles. The largest absolute Gasteiger partial charge is 0.434 e. The molecule has 1 N–H and O–H groups in total. The minimum Gasteiger partial charge on any atom is -0.434 e. The SMILES string of the molecule is CC[C@H](NC(=O)[C@H](CCC1CCCCC1)CC(=O)N1CCOCC1)C(=O)c1nc2ccccc2o1. The van der Waals surface area contributed by atoms with Crippen LogP contribution in [0.25, 0.3) is 11.1 Å². The van der Waals surface area contributed by atoms with Crippen LogP contribution in [0.5, 0.6) is 0 Å². The lowest BCUT2D eigenvalue weighted by Gasteiger charge is -2.29. The Labute approximate surface area is 206 Å². The number of hydrogen-bond acceptors (Lipinski definition) is 6. The number of fused-ring (bicyclic) bond motifs is 1. The number of morpholine rings is 1. The summed E-state index contributed by atoms with van der Waals surface area (Å²) >= 11 is 0. The van der Waals surface area contributed by atoms with E-state index in [1.165, 1.54) is 32.1 Å². The maximum atomic E-state index is 13.4. The van der Waals surface area contributed by atoms with Crippen molar-refractivity contribution in [3.8, 4) is 0 Å². The van der Waals surface area contributed by atoms with Gasteiger partial charge >= 0.3 is 0 Å². The Morgan fingerprint density at radius 1 is 1.11 bits per heavy atom. The summed E-state index contributed by atoms with van der Waals surface area (Å²) in [6.07, 6.45) is 8.31. The molecule has 8 nitrogen and oxygen atoms in total. The van der Waals surface area contributed by atoms with Crippen molar-refractivity contribution in [2.45, 2.75) is 70.8 Å². The summed E-state index contributed by atoms with van der Waals surface area (Å²) in [5.41, 5.74) is 1.15. The molecule has 4 rings (SSSR count). The van der Waals surface area contributed by atoms with E-state index in [9.17, 15) is 14.4 Å². The lowest BCUT2D eigenvalue weighted by atomic mass is 9.83. The first kappa shape index (κ1) is 25.4. The fourth-order valence-electron chi connectivity index (χ4n) is 5.16. The molecule has 2 aliphatic rings. The van der Waals surface area contributed by atoms with Gasteiger partial charge in [-0.1, -0.05) is 51.2 Å². The first-order chi connectivity index (χ1) is 17.0. The normalized spacial score (nSPS) is 18.8. The number of rotatable bonds is 10. The van der Waals surface area contributed by atoms with Gasteiger partial charge in [-0.25, -0.2) is 4.98 Å². The molecule has 0 spiro atoms. The molecule has 0 bridgehead atoms. The van der Waals surface area contributed by atoms with E-state index in [-0.39, 0.29) is 29.9 Å². The van der Waals surface area contributed by atoms with E-state index in [1.807, 2.05) is 19.1 Å². The highest BCUT2D eigenvalue weighted by Gasteiger charge is 2.31. The quantitative estimate of drug-likeness (QED) is 0.510. The Morgan fingerprint density at radius 2 is 1.86 bits per heavy atom. The van der Waals surface area contributed by atoms with Gasteiger partial charge in [0.25, 0.3) is 5.89 Å². The smallest absolute Gasteiger partial charge is 0.266 e. The molecule has 2 aromatic rings. The molecule has 2 fully saturated rings. The molecule has 2 heterocycles. The molecule has 1 aromatic heterocycles. The molecule has 190 valence electrons. The number of nitrogens with zero attached hydrogens (tertiary/aromatic N) is 2. The van der Waals surface area contributed by atoms with Crippen LogP contribution in [-0.4, -0.2) is 59.8 Å². The zero-order chi connectivity index (χ0) is 24.6. The van der Waals surface area contributed by atoms with Crippen molar-refractivity contribution < 1.29 is 23.5 Å². The topological polar surface area (TPSA) is 102 Å². The van der Waals surface area contributed by atoms with Gasteiger partial charge < -0.3 is 19.4 Å². The number of oxazole rings is 1. The summed E-state index contributed by atoms with van der Waals surface area (Å²) in [5.74, 6) is -0.447. The lowest BCUT2D eigenvalue weighted by Crippen LogP contribution is -2.46. The molecule has 1 aliphatic heterocycles. The Bertz CT molecular complexity index is 974. The van der Waals surface area contributed by atoms with Gasteiger partial charge in [0.1, 0.15) is 5.52 Å². The van der Waals surface area contributed by atoms with E-state index in [2.05, 4.69) is 10.3 Å². The number of ether oxygens (including phenoxy) is 1. The van der Waals surface area contributed by atoms with E-state index >= 15 is 0 Å². The van der Waals surface area contributed by atoms with Gasteiger partial charge in [-0.05, 0) is 37.3 Å². The van der Waals surface area contributed by atoms with Crippen molar-refractivity contribution in [3.63, 3.8) is 0 Å². The van der Waals surface area contributed by atoms with Gasteiger partial charge in [0.15, 0.2) is 5.58 Å². The van der Waals surface area contributed by atoms with Crippen molar-refractivity contribution in [2.75, 3.05) is 26.3 Å². The van der Waals surface area contributed by atoms with Gasteiger partial charge in [0, 0.05) is 25.4 Å². The molecule has 8 heteroatoms. The number of carbonyl (C=O) groups excluding carboxylic acids is 3. The number of amides is 2. The van der Waals surface area contributed by atoms with E-state index in [4.69, 9.17) is 9.15 Å². The maximum Gasteiger partial charge on any atom is 0.266 e. The van der Waals surface area contributed by atoms with Gasteiger partial charge in [-0.2, -0.15) is 0 Å². The minimum atomic E-state index is -0.744. The monoisotopic (exact) mass is 483 g/mol. The highest BCUT2D eigenvalue weighted by molar-refractivity contribution is 6.00. The second-order valence-electron chi connectivity index (χ2n) is 9.80.